The Morgan fingerprint density at radius 1 is 1.12 bits per heavy atom. The summed E-state index contributed by atoms with van der Waals surface area (Å²) in [6.45, 7) is 0.112. The van der Waals surface area contributed by atoms with Crippen molar-refractivity contribution in [1.82, 2.24) is 5.32 Å². The molecule has 0 aliphatic rings. The number of rotatable bonds is 8. The van der Waals surface area contributed by atoms with E-state index in [1.807, 2.05) is 24.3 Å². The molecule has 2 aromatic carbocycles. The molecule has 2 atom stereocenters. The highest BCUT2D eigenvalue weighted by Gasteiger charge is 2.25. The van der Waals surface area contributed by atoms with Gasteiger partial charge in [-0.3, -0.25) is 4.79 Å². The van der Waals surface area contributed by atoms with Crippen LogP contribution in [0.3, 0.4) is 0 Å². The minimum absolute atomic E-state index is 0.112. The van der Waals surface area contributed by atoms with Crippen LogP contribution in [0.1, 0.15) is 17.2 Å². The zero-order valence-electron chi connectivity index (χ0n) is 15.0. The van der Waals surface area contributed by atoms with E-state index in [-0.39, 0.29) is 12.5 Å². The Morgan fingerprint density at radius 3 is 2.46 bits per heavy atom. The first-order chi connectivity index (χ1) is 12.5. The Hall–Kier alpha value is -2.28. The largest absolute Gasteiger partial charge is 0.497 e. The molecule has 2 rings (SSSR count). The first-order valence-electron chi connectivity index (χ1n) is 8.03. The van der Waals surface area contributed by atoms with Crippen molar-refractivity contribution in [3.05, 3.63) is 58.6 Å². The van der Waals surface area contributed by atoms with E-state index in [1.54, 1.807) is 32.4 Å². The molecular formula is C19H23ClN2O4. The van der Waals surface area contributed by atoms with Crippen molar-refractivity contribution in [1.29, 1.82) is 0 Å². The van der Waals surface area contributed by atoms with Crippen LogP contribution in [0.25, 0.3) is 0 Å². The number of ether oxygens (including phenoxy) is 3. The first-order valence-corrected chi connectivity index (χ1v) is 8.40. The molecule has 140 valence electrons. The number of nitrogens with one attached hydrogen (secondary N) is 1. The van der Waals surface area contributed by atoms with Crippen LogP contribution in [0, 0.1) is 0 Å². The number of carbonyl (C=O) groups is 1. The van der Waals surface area contributed by atoms with Crippen LogP contribution in [0.5, 0.6) is 11.5 Å². The molecule has 0 aliphatic carbocycles. The molecule has 3 N–H and O–H groups in total. The predicted octanol–water partition coefficient (Wildman–Crippen LogP) is 2.54. The lowest BCUT2D eigenvalue weighted by Gasteiger charge is -2.24. The lowest BCUT2D eigenvalue weighted by atomic mass is 9.97. The summed E-state index contributed by atoms with van der Waals surface area (Å²) in [5.74, 6) is 0.857. The van der Waals surface area contributed by atoms with Gasteiger partial charge in [0, 0.05) is 23.8 Å². The molecule has 0 radical (unpaired) electrons. The fourth-order valence-corrected chi connectivity index (χ4v) is 2.84. The van der Waals surface area contributed by atoms with Crippen molar-refractivity contribution in [2.45, 2.75) is 12.1 Å². The Balaban J connectivity index is 2.48. The molecule has 2 unspecified atom stereocenters. The van der Waals surface area contributed by atoms with Crippen LogP contribution in [0.4, 0.5) is 0 Å². The van der Waals surface area contributed by atoms with Crippen LogP contribution in [-0.4, -0.2) is 39.9 Å². The van der Waals surface area contributed by atoms with E-state index in [4.69, 9.17) is 31.5 Å². The summed E-state index contributed by atoms with van der Waals surface area (Å²) in [5, 5.41) is 3.46. The lowest BCUT2D eigenvalue weighted by molar-refractivity contribution is -0.123. The number of nitrogens with two attached hydrogens (primary N) is 1. The summed E-state index contributed by atoms with van der Waals surface area (Å²) in [4.78, 5) is 12.5. The first kappa shape index (κ1) is 20.0. The van der Waals surface area contributed by atoms with Gasteiger partial charge >= 0.3 is 0 Å². The van der Waals surface area contributed by atoms with Crippen molar-refractivity contribution >= 4 is 17.5 Å². The highest BCUT2D eigenvalue weighted by Crippen LogP contribution is 2.35. The van der Waals surface area contributed by atoms with Crippen LogP contribution in [0.2, 0.25) is 5.02 Å². The smallest absolute Gasteiger partial charge is 0.240 e. The van der Waals surface area contributed by atoms with Gasteiger partial charge in [0.25, 0.3) is 0 Å². The van der Waals surface area contributed by atoms with Crippen LogP contribution in [0.15, 0.2) is 42.5 Å². The van der Waals surface area contributed by atoms with Crippen LogP contribution in [-0.2, 0) is 9.53 Å². The quantitative estimate of drug-likeness (QED) is 0.737. The number of hydrogen-bond donors (Lipinski definition) is 2. The molecule has 0 heterocycles. The maximum atomic E-state index is 12.5. The third-order valence-electron chi connectivity index (χ3n) is 3.94. The molecule has 26 heavy (non-hydrogen) atoms. The third kappa shape index (κ3) is 4.66. The van der Waals surface area contributed by atoms with Gasteiger partial charge < -0.3 is 25.3 Å². The SMILES string of the molecule is COCC(N)C(=O)NC(c1ccccc1Cl)c1ccc(OC)cc1OC. The van der Waals surface area contributed by atoms with Crippen LogP contribution >= 0.6 is 11.6 Å². The second-order valence-corrected chi connectivity index (χ2v) is 6.04. The molecule has 0 spiro atoms. The molecule has 7 heteroatoms. The summed E-state index contributed by atoms with van der Waals surface area (Å²) in [5.41, 5.74) is 7.33. The van der Waals surface area contributed by atoms with Crippen molar-refractivity contribution < 1.29 is 19.0 Å². The van der Waals surface area contributed by atoms with Gasteiger partial charge in [0.05, 0.1) is 26.9 Å². The van der Waals surface area contributed by atoms with Gasteiger partial charge in [0.2, 0.25) is 5.91 Å². The Morgan fingerprint density at radius 2 is 1.85 bits per heavy atom. The van der Waals surface area contributed by atoms with E-state index in [0.29, 0.717) is 16.5 Å². The molecule has 0 aliphatic heterocycles. The Labute approximate surface area is 158 Å². The van der Waals surface area contributed by atoms with E-state index in [2.05, 4.69) is 5.32 Å². The van der Waals surface area contributed by atoms with E-state index in [0.717, 1.165) is 11.1 Å². The standard InChI is InChI=1S/C19H23ClN2O4/c1-24-11-16(21)19(23)22-18(13-6-4-5-7-15(13)20)14-9-8-12(25-2)10-17(14)26-3/h4-10,16,18H,11,21H2,1-3H3,(H,22,23). The normalized spacial score (nSPS) is 13.0. The predicted molar refractivity (Wildman–Crippen MR) is 101 cm³/mol. The molecule has 0 bridgehead atoms. The van der Waals surface area contributed by atoms with Gasteiger partial charge in [-0.1, -0.05) is 29.8 Å². The molecule has 2 aromatic rings. The number of carbonyl (C=O) groups excluding carboxylic acids is 1. The van der Waals surface area contributed by atoms with Gasteiger partial charge in [-0.05, 0) is 23.8 Å². The fourth-order valence-electron chi connectivity index (χ4n) is 2.59. The van der Waals surface area contributed by atoms with Crippen LogP contribution < -0.4 is 20.5 Å². The molecular weight excluding hydrogens is 356 g/mol. The molecule has 1 amide bonds. The van der Waals surface area contributed by atoms with Crippen molar-refractivity contribution in [2.75, 3.05) is 27.9 Å². The highest BCUT2D eigenvalue weighted by molar-refractivity contribution is 6.31. The molecule has 0 saturated carbocycles. The zero-order chi connectivity index (χ0) is 19.1. The summed E-state index contributed by atoms with van der Waals surface area (Å²) in [7, 11) is 4.62. The Kier molecular flexibility index (Phi) is 7.26. The average molecular weight is 379 g/mol. The van der Waals surface area contributed by atoms with Gasteiger partial charge in [0.1, 0.15) is 17.5 Å². The molecule has 0 fully saturated rings. The average Bonchev–Trinajstić information content (AvgIpc) is 2.66. The summed E-state index contributed by atoms with van der Waals surface area (Å²) in [6.07, 6.45) is 0. The minimum atomic E-state index is -0.797. The topological polar surface area (TPSA) is 82.8 Å². The van der Waals surface area contributed by atoms with Gasteiger partial charge in [-0.15, -0.1) is 0 Å². The molecule has 0 aromatic heterocycles. The van der Waals surface area contributed by atoms with Gasteiger partial charge in [-0.25, -0.2) is 0 Å². The summed E-state index contributed by atoms with van der Waals surface area (Å²) in [6, 6.07) is 11.3. The van der Waals surface area contributed by atoms with E-state index in [9.17, 15) is 4.79 Å². The molecule has 6 nitrogen and oxygen atoms in total. The third-order valence-corrected chi connectivity index (χ3v) is 4.28. The minimum Gasteiger partial charge on any atom is -0.497 e. The molecule has 0 saturated heterocycles. The van der Waals surface area contributed by atoms with Crippen molar-refractivity contribution in [2.24, 2.45) is 5.73 Å². The number of hydrogen-bond acceptors (Lipinski definition) is 5. The second-order valence-electron chi connectivity index (χ2n) is 5.63. The van der Waals surface area contributed by atoms with Crippen molar-refractivity contribution in [3.63, 3.8) is 0 Å². The fraction of sp³-hybridized carbons (Fsp3) is 0.316. The Bertz CT molecular complexity index is 754. The zero-order valence-corrected chi connectivity index (χ0v) is 15.7. The van der Waals surface area contributed by atoms with Gasteiger partial charge in [0.15, 0.2) is 0 Å². The monoisotopic (exact) mass is 378 g/mol. The van der Waals surface area contributed by atoms with Crippen molar-refractivity contribution in [3.8, 4) is 11.5 Å². The van der Waals surface area contributed by atoms with Gasteiger partial charge in [-0.2, -0.15) is 0 Å². The van der Waals surface area contributed by atoms with E-state index < -0.39 is 12.1 Å². The number of methoxy groups -OCH3 is 3. The number of halogens is 1. The maximum absolute atomic E-state index is 12.5. The summed E-state index contributed by atoms with van der Waals surface area (Å²) < 4.78 is 15.7. The van der Waals surface area contributed by atoms with E-state index >= 15 is 0 Å². The number of benzene rings is 2. The number of amides is 1. The maximum Gasteiger partial charge on any atom is 0.240 e. The van der Waals surface area contributed by atoms with E-state index in [1.165, 1.54) is 7.11 Å². The second kappa shape index (κ2) is 9.43. The summed E-state index contributed by atoms with van der Waals surface area (Å²) >= 11 is 6.37. The lowest BCUT2D eigenvalue weighted by Crippen LogP contribution is -2.45. The highest BCUT2D eigenvalue weighted by atomic mass is 35.5.